The summed E-state index contributed by atoms with van der Waals surface area (Å²) in [6, 6.07) is 19.4. The summed E-state index contributed by atoms with van der Waals surface area (Å²) in [5.74, 6) is 1.72. The number of ether oxygens (including phenoxy) is 1. The SMILES string of the molecule is CSc1cc(Oc2ccnc3c2CC(=O)C=N3)ccc1CC(=O)Cc1cc(C(C)(C)C)nn1-c1ccccc1. The fourth-order valence-electron chi connectivity index (χ4n) is 4.43. The predicted molar refractivity (Wildman–Crippen MR) is 154 cm³/mol. The van der Waals surface area contributed by atoms with Crippen LogP contribution in [0.5, 0.6) is 11.5 Å². The Morgan fingerprint density at radius 3 is 2.59 bits per heavy atom. The van der Waals surface area contributed by atoms with Gasteiger partial charge in [-0.1, -0.05) is 45.0 Å². The Morgan fingerprint density at radius 2 is 1.85 bits per heavy atom. The van der Waals surface area contributed by atoms with Crippen LogP contribution < -0.4 is 4.74 Å². The molecule has 39 heavy (non-hydrogen) atoms. The van der Waals surface area contributed by atoms with E-state index in [1.54, 1.807) is 24.0 Å². The molecule has 0 fully saturated rings. The molecule has 7 nitrogen and oxygen atoms in total. The number of carbonyl (C=O) groups is 2. The summed E-state index contributed by atoms with van der Waals surface area (Å²) in [7, 11) is 0. The normalized spacial score (nSPS) is 12.9. The first kappa shape index (κ1) is 26.6. The van der Waals surface area contributed by atoms with Crippen molar-refractivity contribution in [1.82, 2.24) is 14.8 Å². The molecular formula is C31H30N4O3S. The Morgan fingerprint density at radius 1 is 1.05 bits per heavy atom. The average molecular weight is 539 g/mol. The van der Waals surface area contributed by atoms with Crippen LogP contribution in [-0.2, 0) is 34.3 Å². The number of carbonyl (C=O) groups excluding carboxylic acids is 2. The summed E-state index contributed by atoms with van der Waals surface area (Å²) >= 11 is 1.57. The minimum Gasteiger partial charge on any atom is -0.457 e. The molecule has 0 aliphatic carbocycles. The zero-order valence-electron chi connectivity index (χ0n) is 22.5. The van der Waals surface area contributed by atoms with Crippen LogP contribution in [0.3, 0.4) is 0 Å². The zero-order chi connectivity index (χ0) is 27.6. The Kier molecular flexibility index (Phi) is 7.48. The van der Waals surface area contributed by atoms with Crippen LogP contribution in [0.2, 0.25) is 0 Å². The largest absolute Gasteiger partial charge is 0.457 e. The molecule has 0 saturated heterocycles. The van der Waals surface area contributed by atoms with Crippen molar-refractivity contribution < 1.29 is 14.3 Å². The minimum absolute atomic E-state index is 0.0813. The van der Waals surface area contributed by atoms with Gasteiger partial charge in [-0.3, -0.25) is 9.59 Å². The zero-order valence-corrected chi connectivity index (χ0v) is 23.3. The number of rotatable bonds is 8. The number of nitrogens with zero attached hydrogens (tertiary/aromatic N) is 4. The van der Waals surface area contributed by atoms with Crippen molar-refractivity contribution in [3.63, 3.8) is 0 Å². The maximum absolute atomic E-state index is 13.3. The van der Waals surface area contributed by atoms with Gasteiger partial charge in [-0.15, -0.1) is 11.8 Å². The standard InChI is InChI=1S/C31H30N4O3S/c1-31(2,3)29-16-22(35(34-29)21-8-6-5-7-9-21)15-23(36)14-20-10-11-25(18-28(20)39-4)38-27-12-13-32-30-26(27)17-24(37)19-33-30/h5-13,16,18-19H,14-15,17H2,1-4H3. The maximum atomic E-state index is 13.3. The molecule has 4 aromatic rings. The van der Waals surface area contributed by atoms with Crippen molar-refractivity contribution in [3.05, 3.63) is 89.4 Å². The van der Waals surface area contributed by atoms with E-state index >= 15 is 0 Å². The highest BCUT2D eigenvalue weighted by Gasteiger charge is 2.22. The Bertz CT molecular complexity index is 1570. The molecule has 0 amide bonds. The number of para-hydroxylation sites is 1. The van der Waals surface area contributed by atoms with Crippen LogP contribution in [-0.4, -0.2) is 38.8 Å². The van der Waals surface area contributed by atoms with Gasteiger partial charge >= 0.3 is 0 Å². The van der Waals surface area contributed by atoms with E-state index in [0.717, 1.165) is 27.5 Å². The van der Waals surface area contributed by atoms with Crippen LogP contribution in [0, 0.1) is 0 Å². The third kappa shape index (κ3) is 6.01. The molecule has 1 aliphatic rings. The first-order valence-corrected chi connectivity index (χ1v) is 14.0. The van der Waals surface area contributed by atoms with E-state index in [0.29, 0.717) is 29.3 Å². The van der Waals surface area contributed by atoms with Gasteiger partial charge in [0, 0.05) is 41.3 Å². The first-order chi connectivity index (χ1) is 18.7. The average Bonchev–Trinajstić information content (AvgIpc) is 3.34. The number of aromatic nitrogens is 3. The quantitative estimate of drug-likeness (QED) is 0.246. The van der Waals surface area contributed by atoms with E-state index in [9.17, 15) is 9.59 Å². The van der Waals surface area contributed by atoms with Gasteiger partial charge in [-0.2, -0.15) is 5.10 Å². The summed E-state index contributed by atoms with van der Waals surface area (Å²) in [4.78, 5) is 34.5. The number of benzene rings is 2. The number of fused-ring (bicyclic) bond motifs is 1. The van der Waals surface area contributed by atoms with Crippen molar-refractivity contribution in [2.24, 2.45) is 4.99 Å². The molecule has 0 radical (unpaired) electrons. The topological polar surface area (TPSA) is 86.4 Å². The number of Topliss-reactive ketones (excluding diaryl/α,β-unsaturated/α-hetero) is 2. The van der Waals surface area contributed by atoms with Gasteiger partial charge in [0.2, 0.25) is 0 Å². The second-order valence-corrected chi connectivity index (χ2v) is 11.3. The molecule has 1 aliphatic heterocycles. The van der Waals surface area contributed by atoms with E-state index in [4.69, 9.17) is 9.84 Å². The summed E-state index contributed by atoms with van der Waals surface area (Å²) < 4.78 is 8.03. The van der Waals surface area contributed by atoms with Crippen LogP contribution >= 0.6 is 11.8 Å². The molecule has 0 saturated carbocycles. The van der Waals surface area contributed by atoms with Crippen molar-refractivity contribution >= 4 is 35.4 Å². The van der Waals surface area contributed by atoms with Crippen molar-refractivity contribution in [2.45, 2.75) is 50.3 Å². The highest BCUT2D eigenvalue weighted by Crippen LogP contribution is 2.35. The number of aliphatic imine (C=N–C) groups is 1. The highest BCUT2D eigenvalue weighted by atomic mass is 32.2. The Hall–Kier alpha value is -4.04. The predicted octanol–water partition coefficient (Wildman–Crippen LogP) is 6.26. The highest BCUT2D eigenvalue weighted by molar-refractivity contribution is 7.98. The lowest BCUT2D eigenvalue weighted by Gasteiger charge is -2.15. The third-order valence-electron chi connectivity index (χ3n) is 6.48. The number of hydrogen-bond acceptors (Lipinski definition) is 7. The summed E-state index contributed by atoms with van der Waals surface area (Å²) in [6.07, 6.45) is 5.69. The molecule has 0 N–H and O–H groups in total. The second kappa shape index (κ2) is 11.0. The molecule has 198 valence electrons. The number of ketones is 2. The van der Waals surface area contributed by atoms with Crippen LogP contribution in [0.1, 0.15) is 43.3 Å². The number of pyridine rings is 1. The molecule has 5 rings (SSSR count). The minimum atomic E-state index is -0.132. The van der Waals surface area contributed by atoms with Gasteiger partial charge in [0.15, 0.2) is 11.6 Å². The Balaban J connectivity index is 1.35. The first-order valence-electron chi connectivity index (χ1n) is 12.8. The van der Waals surface area contributed by atoms with Crippen LogP contribution in [0.4, 0.5) is 5.82 Å². The van der Waals surface area contributed by atoms with Crippen molar-refractivity contribution in [1.29, 1.82) is 0 Å². The fraction of sp³-hybridized carbons (Fsp3) is 0.258. The molecular weight excluding hydrogens is 508 g/mol. The lowest BCUT2D eigenvalue weighted by atomic mass is 9.92. The molecule has 0 unspecified atom stereocenters. The van der Waals surface area contributed by atoms with Crippen molar-refractivity contribution in [2.75, 3.05) is 6.26 Å². The summed E-state index contributed by atoms with van der Waals surface area (Å²) in [5, 5.41) is 4.84. The summed E-state index contributed by atoms with van der Waals surface area (Å²) in [6.45, 7) is 6.37. The van der Waals surface area contributed by atoms with Gasteiger partial charge in [0.1, 0.15) is 17.3 Å². The number of hydrogen-bond donors (Lipinski definition) is 0. The van der Waals surface area contributed by atoms with Crippen LogP contribution in [0.15, 0.2) is 76.7 Å². The van der Waals surface area contributed by atoms with E-state index in [2.05, 4.69) is 30.7 Å². The molecule has 3 heterocycles. The Labute approximate surface area is 232 Å². The molecule has 2 aromatic heterocycles. The lowest BCUT2D eigenvalue weighted by Crippen LogP contribution is -2.13. The smallest absolute Gasteiger partial charge is 0.178 e. The second-order valence-electron chi connectivity index (χ2n) is 10.5. The van der Waals surface area contributed by atoms with E-state index < -0.39 is 0 Å². The van der Waals surface area contributed by atoms with Gasteiger partial charge < -0.3 is 4.74 Å². The van der Waals surface area contributed by atoms with Gasteiger partial charge in [0.25, 0.3) is 0 Å². The van der Waals surface area contributed by atoms with Gasteiger partial charge in [0.05, 0.1) is 23.3 Å². The van der Waals surface area contributed by atoms with Gasteiger partial charge in [-0.05, 0) is 48.2 Å². The maximum Gasteiger partial charge on any atom is 0.178 e. The fourth-order valence-corrected chi connectivity index (χ4v) is 5.07. The molecule has 0 spiro atoms. The molecule has 8 heteroatoms. The van der Waals surface area contributed by atoms with E-state index in [1.807, 2.05) is 65.5 Å². The van der Waals surface area contributed by atoms with Crippen molar-refractivity contribution in [3.8, 4) is 17.2 Å². The van der Waals surface area contributed by atoms with E-state index in [-0.39, 0.29) is 29.8 Å². The number of thioether (sulfide) groups is 1. The monoisotopic (exact) mass is 538 g/mol. The summed E-state index contributed by atoms with van der Waals surface area (Å²) in [5.41, 5.74) is 4.26. The lowest BCUT2D eigenvalue weighted by molar-refractivity contribution is -0.118. The van der Waals surface area contributed by atoms with E-state index in [1.165, 1.54) is 6.21 Å². The molecule has 0 atom stereocenters. The third-order valence-corrected chi connectivity index (χ3v) is 7.30. The van der Waals surface area contributed by atoms with Gasteiger partial charge in [-0.25, -0.2) is 14.7 Å². The van der Waals surface area contributed by atoms with Crippen LogP contribution in [0.25, 0.3) is 5.69 Å². The molecule has 2 aromatic carbocycles. The molecule has 0 bridgehead atoms.